The number of halogens is 3. The van der Waals surface area contributed by atoms with Gasteiger partial charge in [-0.2, -0.15) is 13.2 Å². The second kappa shape index (κ2) is 10.2. The van der Waals surface area contributed by atoms with Crippen LogP contribution in [0.5, 0.6) is 0 Å². The van der Waals surface area contributed by atoms with Gasteiger partial charge in [0.25, 0.3) is 0 Å². The van der Waals surface area contributed by atoms with Gasteiger partial charge in [-0.3, -0.25) is 9.69 Å². The molecule has 1 aliphatic heterocycles. The van der Waals surface area contributed by atoms with Crippen molar-refractivity contribution in [2.24, 2.45) is 5.92 Å². The SMILES string of the molecule is CC(C)[C@@H]1c2nc(NC(=O)Cc3ccc(S(C)(=O)=O)cc3)sc2CN1[C@@H](C)c1ccc(C(F)(F)F)cc1. The van der Waals surface area contributed by atoms with Crippen LogP contribution in [0.1, 0.15) is 60.1 Å². The fraction of sp³-hybridized carbons (Fsp3) is 0.385. The summed E-state index contributed by atoms with van der Waals surface area (Å²) in [5.41, 5.74) is 1.69. The lowest BCUT2D eigenvalue weighted by Gasteiger charge is -2.33. The Morgan fingerprint density at radius 3 is 2.27 bits per heavy atom. The van der Waals surface area contributed by atoms with Crippen LogP contribution in [0.3, 0.4) is 0 Å². The maximum absolute atomic E-state index is 13.0. The highest BCUT2D eigenvalue weighted by atomic mass is 32.2. The highest BCUT2D eigenvalue weighted by molar-refractivity contribution is 7.90. The van der Waals surface area contributed by atoms with Gasteiger partial charge in [0.05, 0.1) is 28.6 Å². The number of benzene rings is 2. The first kappa shape index (κ1) is 27.3. The molecule has 0 saturated carbocycles. The molecule has 0 saturated heterocycles. The number of fused-ring (bicyclic) bond motifs is 1. The number of sulfone groups is 1. The van der Waals surface area contributed by atoms with Crippen LogP contribution in [0.15, 0.2) is 53.4 Å². The van der Waals surface area contributed by atoms with Crippen LogP contribution in [0.25, 0.3) is 0 Å². The largest absolute Gasteiger partial charge is 0.416 e. The summed E-state index contributed by atoms with van der Waals surface area (Å²) in [6, 6.07) is 11.3. The number of hydrogen-bond acceptors (Lipinski definition) is 6. The van der Waals surface area contributed by atoms with Gasteiger partial charge in [-0.15, -0.1) is 11.3 Å². The van der Waals surface area contributed by atoms with Gasteiger partial charge in [0, 0.05) is 23.7 Å². The minimum atomic E-state index is -4.37. The Kier molecular flexibility index (Phi) is 7.51. The molecule has 2 aromatic carbocycles. The molecule has 4 rings (SSSR count). The van der Waals surface area contributed by atoms with Crippen LogP contribution < -0.4 is 5.32 Å². The molecule has 37 heavy (non-hydrogen) atoms. The maximum Gasteiger partial charge on any atom is 0.416 e. The van der Waals surface area contributed by atoms with Gasteiger partial charge in [0.15, 0.2) is 15.0 Å². The highest BCUT2D eigenvalue weighted by Crippen LogP contribution is 2.46. The van der Waals surface area contributed by atoms with Crippen LogP contribution in [-0.4, -0.2) is 30.5 Å². The van der Waals surface area contributed by atoms with Crippen LogP contribution in [0.2, 0.25) is 0 Å². The molecule has 2 atom stereocenters. The molecule has 0 fully saturated rings. The van der Waals surface area contributed by atoms with Crippen LogP contribution >= 0.6 is 11.3 Å². The summed E-state index contributed by atoms with van der Waals surface area (Å²) >= 11 is 1.40. The number of nitrogens with one attached hydrogen (secondary N) is 1. The molecule has 0 aliphatic carbocycles. The molecule has 6 nitrogen and oxygen atoms in total. The summed E-state index contributed by atoms with van der Waals surface area (Å²) in [6.45, 7) is 6.71. The number of aromatic nitrogens is 1. The third-order valence-electron chi connectivity index (χ3n) is 6.50. The number of thiazole rings is 1. The van der Waals surface area contributed by atoms with Crippen molar-refractivity contribution in [1.29, 1.82) is 0 Å². The van der Waals surface area contributed by atoms with Crippen molar-refractivity contribution in [3.8, 4) is 0 Å². The molecule has 1 amide bonds. The molecular formula is C26H28F3N3O3S2. The van der Waals surface area contributed by atoms with Crippen LogP contribution in [-0.2, 0) is 33.8 Å². The number of carbonyl (C=O) groups is 1. The standard InChI is InChI=1S/C26H28F3N3O3S2/c1-15(2)24-23-21(14-32(24)16(3)18-7-9-19(10-8-18)26(27,28)29)36-25(31-23)30-22(33)13-17-5-11-20(12-6-17)37(4,34)35/h5-12,15-16,24H,13-14H2,1-4H3,(H,30,31,33)/t16-,24+/m0/s1. The van der Waals surface area contributed by atoms with Crippen molar-refractivity contribution >= 4 is 32.2 Å². The van der Waals surface area contributed by atoms with Gasteiger partial charge in [0.1, 0.15) is 0 Å². The molecule has 0 bridgehead atoms. The quantitative estimate of drug-likeness (QED) is 0.389. The van der Waals surface area contributed by atoms with E-state index in [-0.39, 0.29) is 35.2 Å². The zero-order valence-corrected chi connectivity index (χ0v) is 22.5. The Bertz CT molecular complexity index is 1380. The van der Waals surface area contributed by atoms with Gasteiger partial charge in [-0.05, 0) is 48.2 Å². The van der Waals surface area contributed by atoms with E-state index in [2.05, 4.69) is 24.1 Å². The topological polar surface area (TPSA) is 79.4 Å². The van der Waals surface area contributed by atoms with E-state index in [1.807, 2.05) is 6.92 Å². The zero-order chi connectivity index (χ0) is 27.1. The summed E-state index contributed by atoms with van der Waals surface area (Å²) in [4.78, 5) is 20.8. The van der Waals surface area contributed by atoms with E-state index in [1.54, 1.807) is 12.1 Å². The summed E-state index contributed by atoms with van der Waals surface area (Å²) in [7, 11) is -3.30. The van der Waals surface area contributed by atoms with Crippen LogP contribution in [0, 0.1) is 5.92 Å². The molecule has 198 valence electrons. The summed E-state index contributed by atoms with van der Waals surface area (Å²) in [5, 5.41) is 3.34. The van der Waals surface area contributed by atoms with E-state index in [0.717, 1.165) is 34.5 Å². The lowest BCUT2D eigenvalue weighted by Crippen LogP contribution is -2.29. The first-order chi connectivity index (χ1) is 17.2. The van der Waals surface area contributed by atoms with E-state index >= 15 is 0 Å². The molecule has 1 N–H and O–H groups in total. The Morgan fingerprint density at radius 1 is 1.11 bits per heavy atom. The Hall–Kier alpha value is -2.76. The van der Waals surface area contributed by atoms with Crippen molar-refractivity contribution < 1.29 is 26.4 Å². The normalized spacial score (nSPS) is 17.1. The van der Waals surface area contributed by atoms with Gasteiger partial charge >= 0.3 is 6.18 Å². The smallest absolute Gasteiger partial charge is 0.302 e. The average molecular weight is 552 g/mol. The average Bonchev–Trinajstić information content (AvgIpc) is 3.34. The maximum atomic E-state index is 13.0. The molecule has 2 heterocycles. The van der Waals surface area contributed by atoms with E-state index in [4.69, 9.17) is 4.98 Å². The minimum Gasteiger partial charge on any atom is -0.302 e. The fourth-order valence-corrected chi connectivity index (χ4v) is 6.26. The Balaban J connectivity index is 1.45. The predicted octanol–water partition coefficient (Wildman–Crippen LogP) is 6.02. The summed E-state index contributed by atoms with van der Waals surface area (Å²) < 4.78 is 62.1. The van der Waals surface area contributed by atoms with Crippen molar-refractivity contribution in [2.45, 2.75) is 56.9 Å². The number of nitrogens with zero attached hydrogens (tertiary/aromatic N) is 2. The third kappa shape index (κ3) is 6.05. The number of anilines is 1. The second-order valence-electron chi connectivity index (χ2n) is 9.63. The van der Waals surface area contributed by atoms with E-state index in [1.165, 1.54) is 35.6 Å². The first-order valence-corrected chi connectivity index (χ1v) is 14.5. The Labute approximate surface area is 218 Å². The van der Waals surface area contributed by atoms with E-state index in [0.29, 0.717) is 17.2 Å². The van der Waals surface area contributed by atoms with Gasteiger partial charge < -0.3 is 5.32 Å². The van der Waals surface area contributed by atoms with Crippen molar-refractivity contribution in [3.05, 3.63) is 75.8 Å². The van der Waals surface area contributed by atoms with Gasteiger partial charge in [-0.1, -0.05) is 38.1 Å². The molecule has 11 heteroatoms. The van der Waals surface area contributed by atoms with Crippen molar-refractivity contribution in [1.82, 2.24) is 9.88 Å². The number of hydrogen-bond donors (Lipinski definition) is 1. The number of rotatable bonds is 7. The lowest BCUT2D eigenvalue weighted by atomic mass is 9.98. The monoisotopic (exact) mass is 551 g/mol. The fourth-order valence-electron chi connectivity index (χ4n) is 4.60. The first-order valence-electron chi connectivity index (χ1n) is 11.8. The summed E-state index contributed by atoms with van der Waals surface area (Å²) in [5.74, 6) is -0.0623. The molecule has 1 aliphatic rings. The molecule has 1 aromatic heterocycles. The number of alkyl halides is 3. The van der Waals surface area contributed by atoms with E-state index < -0.39 is 21.6 Å². The number of amides is 1. The lowest BCUT2D eigenvalue weighted by molar-refractivity contribution is -0.137. The van der Waals surface area contributed by atoms with Crippen LogP contribution in [0.4, 0.5) is 18.3 Å². The molecule has 0 radical (unpaired) electrons. The van der Waals surface area contributed by atoms with E-state index in [9.17, 15) is 26.4 Å². The molecule has 0 spiro atoms. The zero-order valence-electron chi connectivity index (χ0n) is 20.8. The van der Waals surface area contributed by atoms with Gasteiger partial charge in [-0.25, -0.2) is 13.4 Å². The second-order valence-corrected chi connectivity index (χ2v) is 12.7. The number of carbonyl (C=O) groups excluding carboxylic acids is 1. The minimum absolute atomic E-state index is 0.0438. The molecule has 0 unspecified atom stereocenters. The Morgan fingerprint density at radius 2 is 1.73 bits per heavy atom. The highest BCUT2D eigenvalue weighted by Gasteiger charge is 2.39. The van der Waals surface area contributed by atoms with Gasteiger partial charge in [0.2, 0.25) is 5.91 Å². The molecular weight excluding hydrogens is 523 g/mol. The molecule has 3 aromatic rings. The summed E-state index contributed by atoms with van der Waals surface area (Å²) in [6.07, 6.45) is -3.16. The van der Waals surface area contributed by atoms with Crippen molar-refractivity contribution in [3.63, 3.8) is 0 Å². The predicted molar refractivity (Wildman–Crippen MR) is 137 cm³/mol. The van der Waals surface area contributed by atoms with Crippen molar-refractivity contribution in [2.75, 3.05) is 11.6 Å². The third-order valence-corrected chi connectivity index (χ3v) is 8.60.